The molecule has 0 saturated carbocycles. The van der Waals surface area contributed by atoms with Crippen LogP contribution >= 0.6 is 11.8 Å². The Labute approximate surface area is 109 Å². The zero-order chi connectivity index (χ0) is 12.7. The van der Waals surface area contributed by atoms with Crippen LogP contribution in [0, 0.1) is 16.6 Å². The summed E-state index contributed by atoms with van der Waals surface area (Å²) < 4.78 is 5.25. The van der Waals surface area contributed by atoms with E-state index in [0.29, 0.717) is 6.61 Å². The standard InChI is InChI=1S/C15H20OS/c1-15(2,3)10-11-17-14(12-16-4)13-8-6-5-7-9-13/h5-9,14H,12H2,1-4H3/t14-/m1/s1. The van der Waals surface area contributed by atoms with Crippen LogP contribution in [0.15, 0.2) is 30.3 Å². The van der Waals surface area contributed by atoms with Crippen molar-refractivity contribution in [1.29, 1.82) is 0 Å². The number of hydrogen-bond donors (Lipinski definition) is 0. The monoisotopic (exact) mass is 248 g/mol. The van der Waals surface area contributed by atoms with Crippen LogP contribution in [-0.2, 0) is 4.74 Å². The Balaban J connectivity index is 2.70. The lowest BCUT2D eigenvalue weighted by molar-refractivity contribution is 0.200. The fourth-order valence-electron chi connectivity index (χ4n) is 1.27. The SMILES string of the molecule is COC[C@@H](SC#CC(C)(C)C)c1ccccc1. The highest BCUT2D eigenvalue weighted by atomic mass is 32.2. The lowest BCUT2D eigenvalue weighted by Gasteiger charge is -2.13. The van der Waals surface area contributed by atoms with Crippen molar-refractivity contribution in [2.75, 3.05) is 13.7 Å². The molecule has 1 aromatic rings. The van der Waals surface area contributed by atoms with E-state index < -0.39 is 0 Å². The fraction of sp³-hybridized carbons (Fsp3) is 0.467. The summed E-state index contributed by atoms with van der Waals surface area (Å²) in [6.45, 7) is 7.05. The Morgan fingerprint density at radius 1 is 1.24 bits per heavy atom. The molecule has 0 unspecified atom stereocenters. The maximum atomic E-state index is 5.25. The molecule has 0 aliphatic rings. The number of benzene rings is 1. The van der Waals surface area contributed by atoms with Gasteiger partial charge in [0.2, 0.25) is 0 Å². The van der Waals surface area contributed by atoms with Crippen molar-refractivity contribution < 1.29 is 4.74 Å². The molecule has 0 bridgehead atoms. The van der Waals surface area contributed by atoms with Gasteiger partial charge in [0, 0.05) is 12.5 Å². The maximum Gasteiger partial charge on any atom is 0.0654 e. The van der Waals surface area contributed by atoms with E-state index in [-0.39, 0.29) is 10.7 Å². The molecule has 0 saturated heterocycles. The van der Waals surface area contributed by atoms with Gasteiger partial charge in [0.15, 0.2) is 0 Å². The first kappa shape index (κ1) is 14.2. The molecule has 1 nitrogen and oxygen atoms in total. The summed E-state index contributed by atoms with van der Waals surface area (Å²) in [5, 5.41) is 3.48. The number of methoxy groups -OCH3 is 1. The molecule has 0 spiro atoms. The van der Waals surface area contributed by atoms with E-state index in [1.807, 2.05) is 6.07 Å². The number of ether oxygens (including phenoxy) is 1. The third kappa shape index (κ3) is 5.81. The summed E-state index contributed by atoms with van der Waals surface area (Å²) in [4.78, 5) is 0. The van der Waals surface area contributed by atoms with Gasteiger partial charge in [-0.2, -0.15) is 0 Å². The highest BCUT2D eigenvalue weighted by Crippen LogP contribution is 2.28. The quantitative estimate of drug-likeness (QED) is 0.741. The van der Waals surface area contributed by atoms with Gasteiger partial charge in [0.1, 0.15) is 0 Å². The third-order valence-electron chi connectivity index (χ3n) is 2.12. The Morgan fingerprint density at radius 2 is 1.88 bits per heavy atom. The maximum absolute atomic E-state index is 5.25. The van der Waals surface area contributed by atoms with Gasteiger partial charge in [-0.25, -0.2) is 0 Å². The molecule has 1 rings (SSSR count). The molecule has 0 radical (unpaired) electrons. The Kier molecular flexibility index (Phi) is 5.61. The normalized spacial score (nSPS) is 12.7. The molecule has 0 N–H and O–H groups in total. The van der Waals surface area contributed by atoms with Gasteiger partial charge in [-0.05, 0) is 31.6 Å². The van der Waals surface area contributed by atoms with Crippen LogP contribution in [0.1, 0.15) is 31.6 Å². The van der Waals surface area contributed by atoms with Gasteiger partial charge < -0.3 is 4.74 Å². The van der Waals surface area contributed by atoms with Gasteiger partial charge >= 0.3 is 0 Å². The Hall–Kier alpha value is -0.910. The van der Waals surface area contributed by atoms with Crippen molar-refractivity contribution in [3.8, 4) is 11.2 Å². The van der Waals surface area contributed by atoms with Crippen LogP contribution in [0.4, 0.5) is 0 Å². The van der Waals surface area contributed by atoms with Crippen molar-refractivity contribution >= 4 is 11.8 Å². The van der Waals surface area contributed by atoms with Gasteiger partial charge in [-0.15, -0.1) is 0 Å². The van der Waals surface area contributed by atoms with Gasteiger partial charge in [-0.3, -0.25) is 0 Å². The van der Waals surface area contributed by atoms with E-state index in [1.54, 1.807) is 18.9 Å². The summed E-state index contributed by atoms with van der Waals surface area (Å²) in [5.41, 5.74) is 1.32. The minimum absolute atomic E-state index is 0.0569. The topological polar surface area (TPSA) is 9.23 Å². The average molecular weight is 248 g/mol. The minimum Gasteiger partial charge on any atom is -0.383 e. The largest absolute Gasteiger partial charge is 0.383 e. The van der Waals surface area contributed by atoms with E-state index in [4.69, 9.17) is 4.74 Å². The van der Waals surface area contributed by atoms with Crippen LogP contribution in [0.2, 0.25) is 0 Å². The van der Waals surface area contributed by atoms with E-state index in [0.717, 1.165) is 0 Å². The van der Waals surface area contributed by atoms with Crippen LogP contribution < -0.4 is 0 Å². The smallest absolute Gasteiger partial charge is 0.0654 e. The molecule has 0 heterocycles. The van der Waals surface area contributed by atoms with E-state index >= 15 is 0 Å². The molecular formula is C15H20OS. The second kappa shape index (κ2) is 6.74. The second-order valence-corrected chi connectivity index (χ2v) is 5.96. The van der Waals surface area contributed by atoms with Crippen LogP contribution in [0.25, 0.3) is 0 Å². The van der Waals surface area contributed by atoms with Crippen molar-refractivity contribution in [1.82, 2.24) is 0 Å². The minimum atomic E-state index is 0.0569. The molecule has 1 aromatic carbocycles. The van der Waals surface area contributed by atoms with Gasteiger partial charge in [-0.1, -0.05) is 48.0 Å². The lowest BCUT2D eigenvalue weighted by atomic mass is 9.99. The number of thioether (sulfide) groups is 1. The molecule has 0 aliphatic heterocycles. The van der Waals surface area contributed by atoms with Crippen LogP contribution in [0.3, 0.4) is 0 Å². The molecule has 92 valence electrons. The molecule has 17 heavy (non-hydrogen) atoms. The number of hydrogen-bond acceptors (Lipinski definition) is 2. The van der Waals surface area contributed by atoms with Crippen LogP contribution in [0.5, 0.6) is 0 Å². The van der Waals surface area contributed by atoms with Gasteiger partial charge in [0.05, 0.1) is 11.9 Å². The zero-order valence-corrected chi connectivity index (χ0v) is 11.8. The lowest BCUT2D eigenvalue weighted by Crippen LogP contribution is -2.02. The molecule has 1 atom stereocenters. The second-order valence-electron chi connectivity index (χ2n) is 4.95. The summed E-state index contributed by atoms with van der Waals surface area (Å²) in [6, 6.07) is 10.4. The summed E-state index contributed by atoms with van der Waals surface area (Å²) in [7, 11) is 1.73. The molecule has 0 aliphatic carbocycles. The zero-order valence-electron chi connectivity index (χ0n) is 11.0. The number of rotatable bonds is 4. The molecule has 2 heteroatoms. The summed E-state index contributed by atoms with van der Waals surface area (Å²) >= 11 is 1.64. The first-order chi connectivity index (χ1) is 8.03. The molecule has 0 fully saturated rings. The van der Waals surface area contributed by atoms with Crippen molar-refractivity contribution in [2.45, 2.75) is 26.0 Å². The molecule has 0 aromatic heterocycles. The average Bonchev–Trinajstić information content (AvgIpc) is 2.27. The van der Waals surface area contributed by atoms with E-state index in [1.165, 1.54) is 5.56 Å². The van der Waals surface area contributed by atoms with Crippen LogP contribution in [-0.4, -0.2) is 13.7 Å². The molecular weight excluding hydrogens is 228 g/mol. The predicted octanol–water partition coefficient (Wildman–Crippen LogP) is 4.11. The Bertz CT molecular complexity index is 381. The Morgan fingerprint density at radius 3 is 2.41 bits per heavy atom. The highest BCUT2D eigenvalue weighted by Gasteiger charge is 2.11. The van der Waals surface area contributed by atoms with Crippen molar-refractivity contribution in [3.63, 3.8) is 0 Å². The first-order valence-corrected chi connectivity index (χ1v) is 6.62. The fourth-order valence-corrected chi connectivity index (χ4v) is 2.28. The van der Waals surface area contributed by atoms with Crippen molar-refractivity contribution in [2.24, 2.45) is 5.41 Å². The molecule has 0 amide bonds. The third-order valence-corrected chi connectivity index (χ3v) is 3.03. The van der Waals surface area contributed by atoms with E-state index in [2.05, 4.69) is 56.2 Å². The predicted molar refractivity (Wildman–Crippen MR) is 75.9 cm³/mol. The summed E-state index contributed by atoms with van der Waals surface area (Å²) in [5.74, 6) is 3.24. The summed E-state index contributed by atoms with van der Waals surface area (Å²) in [6.07, 6.45) is 0. The van der Waals surface area contributed by atoms with Gasteiger partial charge in [0.25, 0.3) is 0 Å². The first-order valence-electron chi connectivity index (χ1n) is 5.74. The van der Waals surface area contributed by atoms with E-state index in [9.17, 15) is 0 Å². The highest BCUT2D eigenvalue weighted by molar-refractivity contribution is 8.04. The van der Waals surface area contributed by atoms with Crippen molar-refractivity contribution in [3.05, 3.63) is 35.9 Å².